The van der Waals surface area contributed by atoms with E-state index in [1.165, 1.54) is 5.56 Å². The molecule has 2 atom stereocenters. The first-order valence-electron chi connectivity index (χ1n) is 6.15. The predicted molar refractivity (Wildman–Crippen MR) is 69.3 cm³/mol. The summed E-state index contributed by atoms with van der Waals surface area (Å²) in [7, 11) is 3.74. The van der Waals surface area contributed by atoms with Crippen LogP contribution in [-0.4, -0.2) is 38.3 Å². The summed E-state index contributed by atoms with van der Waals surface area (Å²) >= 11 is 0. The number of ether oxygens (including phenoxy) is 1. The van der Waals surface area contributed by atoms with Crippen LogP contribution in [0.3, 0.4) is 0 Å². The molecule has 0 bridgehead atoms. The normalized spacial score (nSPS) is 21.8. The first-order valence-corrected chi connectivity index (χ1v) is 6.15. The highest BCUT2D eigenvalue weighted by atomic mass is 16.5. The lowest BCUT2D eigenvalue weighted by Crippen LogP contribution is -2.23. The molecule has 0 amide bonds. The highest BCUT2D eigenvalue weighted by molar-refractivity contribution is 5.41. The monoisotopic (exact) mass is 235 g/mol. The Hall–Kier alpha value is -1.13. The van der Waals surface area contributed by atoms with E-state index < -0.39 is 0 Å². The number of anilines is 1. The fourth-order valence-corrected chi connectivity index (χ4v) is 2.14. The zero-order valence-electron chi connectivity index (χ0n) is 10.8. The van der Waals surface area contributed by atoms with E-state index >= 15 is 0 Å². The van der Waals surface area contributed by atoms with E-state index in [2.05, 4.69) is 34.3 Å². The number of hydrogen-bond acceptors (Lipinski definition) is 4. The zero-order chi connectivity index (χ0) is 12.3. The van der Waals surface area contributed by atoms with Crippen LogP contribution >= 0.6 is 0 Å². The molecule has 17 heavy (non-hydrogen) atoms. The van der Waals surface area contributed by atoms with Crippen LogP contribution in [0.1, 0.15) is 24.9 Å². The van der Waals surface area contributed by atoms with Gasteiger partial charge in [-0.25, -0.2) is 4.98 Å². The lowest BCUT2D eigenvalue weighted by Gasteiger charge is -2.18. The maximum atomic E-state index is 5.36. The summed E-state index contributed by atoms with van der Waals surface area (Å²) in [5.41, 5.74) is 1.22. The van der Waals surface area contributed by atoms with E-state index in [0.29, 0.717) is 12.1 Å². The molecule has 1 aromatic rings. The number of pyridine rings is 1. The maximum absolute atomic E-state index is 5.36. The third kappa shape index (κ3) is 2.76. The fourth-order valence-electron chi connectivity index (χ4n) is 2.14. The molecule has 4 heteroatoms. The van der Waals surface area contributed by atoms with Gasteiger partial charge in [-0.2, -0.15) is 0 Å². The quantitative estimate of drug-likeness (QED) is 0.860. The molecule has 1 N–H and O–H groups in total. The van der Waals surface area contributed by atoms with E-state index in [1.54, 1.807) is 7.11 Å². The lowest BCUT2D eigenvalue weighted by molar-refractivity contribution is 0.121. The molecule has 0 saturated carbocycles. The second kappa shape index (κ2) is 5.47. The summed E-state index contributed by atoms with van der Waals surface area (Å²) in [5.74, 6) is 1.05. The molecular formula is C13H21N3O. The number of nitrogens with zero attached hydrogens (tertiary/aromatic N) is 2. The van der Waals surface area contributed by atoms with E-state index in [4.69, 9.17) is 4.74 Å². The van der Waals surface area contributed by atoms with Crippen molar-refractivity contribution in [2.24, 2.45) is 0 Å². The van der Waals surface area contributed by atoms with E-state index in [1.807, 2.05) is 13.2 Å². The van der Waals surface area contributed by atoms with E-state index in [-0.39, 0.29) is 0 Å². The molecule has 0 aromatic carbocycles. The molecule has 2 unspecified atom stereocenters. The second-order valence-corrected chi connectivity index (χ2v) is 4.55. The average molecular weight is 235 g/mol. The molecule has 0 spiro atoms. The van der Waals surface area contributed by atoms with Crippen molar-refractivity contribution in [2.45, 2.75) is 25.5 Å². The Morgan fingerprint density at radius 1 is 1.53 bits per heavy atom. The standard InChI is InChI=1S/C13H21N3O/c1-10(14-2)11-4-5-13(15-8-11)16-7-6-12(9-16)17-3/h4-5,8,10,12,14H,6-7,9H2,1-3H3. The molecule has 2 rings (SSSR count). The molecule has 1 saturated heterocycles. The van der Waals surface area contributed by atoms with Gasteiger partial charge >= 0.3 is 0 Å². The summed E-state index contributed by atoms with van der Waals surface area (Å²) in [5, 5.41) is 3.21. The Kier molecular flexibility index (Phi) is 3.97. The van der Waals surface area contributed by atoms with Gasteiger partial charge in [0, 0.05) is 32.4 Å². The third-order valence-corrected chi connectivity index (χ3v) is 3.51. The largest absolute Gasteiger partial charge is 0.380 e. The minimum absolute atomic E-state index is 0.349. The Balaban J connectivity index is 2.03. The highest BCUT2D eigenvalue weighted by Crippen LogP contribution is 2.21. The summed E-state index contributed by atoms with van der Waals surface area (Å²) < 4.78 is 5.36. The zero-order valence-corrected chi connectivity index (χ0v) is 10.8. The van der Waals surface area contributed by atoms with Crippen molar-refractivity contribution >= 4 is 5.82 Å². The van der Waals surface area contributed by atoms with Crippen LogP contribution < -0.4 is 10.2 Å². The molecule has 1 aliphatic heterocycles. The predicted octanol–water partition coefficient (Wildman–Crippen LogP) is 1.59. The van der Waals surface area contributed by atoms with Crippen LogP contribution in [0.2, 0.25) is 0 Å². The Morgan fingerprint density at radius 3 is 2.88 bits per heavy atom. The van der Waals surface area contributed by atoms with Gasteiger partial charge in [0.15, 0.2) is 0 Å². The molecule has 0 aliphatic carbocycles. The van der Waals surface area contributed by atoms with Crippen molar-refractivity contribution in [1.82, 2.24) is 10.3 Å². The number of nitrogens with one attached hydrogen (secondary N) is 1. The van der Waals surface area contributed by atoms with Gasteiger partial charge in [0.2, 0.25) is 0 Å². The van der Waals surface area contributed by atoms with Gasteiger partial charge in [-0.1, -0.05) is 6.07 Å². The van der Waals surface area contributed by atoms with Gasteiger partial charge in [-0.3, -0.25) is 0 Å². The van der Waals surface area contributed by atoms with Gasteiger partial charge in [0.1, 0.15) is 5.82 Å². The van der Waals surface area contributed by atoms with Crippen molar-refractivity contribution in [2.75, 3.05) is 32.1 Å². The van der Waals surface area contributed by atoms with Crippen LogP contribution in [0, 0.1) is 0 Å². The molecule has 2 heterocycles. The Bertz CT molecular complexity index is 352. The summed E-state index contributed by atoms with van der Waals surface area (Å²) in [6.07, 6.45) is 3.40. The van der Waals surface area contributed by atoms with Gasteiger partial charge in [0.25, 0.3) is 0 Å². The number of rotatable bonds is 4. The summed E-state index contributed by atoms with van der Waals surface area (Å²) in [4.78, 5) is 6.81. The molecule has 1 aromatic heterocycles. The van der Waals surface area contributed by atoms with Crippen LogP contribution in [0.25, 0.3) is 0 Å². The minimum Gasteiger partial charge on any atom is -0.380 e. The van der Waals surface area contributed by atoms with Crippen LogP contribution in [0.4, 0.5) is 5.82 Å². The smallest absolute Gasteiger partial charge is 0.128 e. The highest BCUT2D eigenvalue weighted by Gasteiger charge is 2.22. The summed E-state index contributed by atoms with van der Waals surface area (Å²) in [6, 6.07) is 4.59. The van der Waals surface area contributed by atoms with Gasteiger partial charge in [0.05, 0.1) is 6.10 Å². The first kappa shape index (κ1) is 12.3. The molecule has 0 radical (unpaired) electrons. The molecule has 1 fully saturated rings. The number of hydrogen-bond donors (Lipinski definition) is 1. The Labute approximate surface area is 103 Å². The van der Waals surface area contributed by atoms with Gasteiger partial charge in [-0.15, -0.1) is 0 Å². The SMILES string of the molecule is CNC(C)c1ccc(N2CCC(OC)C2)nc1. The van der Waals surface area contributed by atoms with Crippen LogP contribution in [-0.2, 0) is 4.74 Å². The minimum atomic E-state index is 0.349. The van der Waals surface area contributed by atoms with E-state index in [0.717, 1.165) is 25.3 Å². The first-order chi connectivity index (χ1) is 8.24. The topological polar surface area (TPSA) is 37.4 Å². The third-order valence-electron chi connectivity index (χ3n) is 3.51. The van der Waals surface area contributed by atoms with E-state index in [9.17, 15) is 0 Å². The van der Waals surface area contributed by atoms with Crippen molar-refractivity contribution in [3.8, 4) is 0 Å². The fraction of sp³-hybridized carbons (Fsp3) is 0.615. The molecule has 94 valence electrons. The van der Waals surface area contributed by atoms with Crippen LogP contribution in [0.15, 0.2) is 18.3 Å². The lowest BCUT2D eigenvalue weighted by atomic mass is 10.1. The molecule has 4 nitrogen and oxygen atoms in total. The average Bonchev–Trinajstić information content (AvgIpc) is 2.87. The maximum Gasteiger partial charge on any atom is 0.128 e. The van der Waals surface area contributed by atoms with Gasteiger partial charge < -0.3 is 15.0 Å². The number of aromatic nitrogens is 1. The molecular weight excluding hydrogens is 214 g/mol. The van der Waals surface area contributed by atoms with Crippen LogP contribution in [0.5, 0.6) is 0 Å². The Morgan fingerprint density at radius 2 is 2.35 bits per heavy atom. The van der Waals surface area contributed by atoms with Crippen molar-refractivity contribution < 1.29 is 4.74 Å². The molecule has 1 aliphatic rings. The van der Waals surface area contributed by atoms with Crippen molar-refractivity contribution in [3.63, 3.8) is 0 Å². The van der Waals surface area contributed by atoms with Crippen molar-refractivity contribution in [3.05, 3.63) is 23.9 Å². The van der Waals surface area contributed by atoms with Gasteiger partial charge in [-0.05, 0) is 32.0 Å². The second-order valence-electron chi connectivity index (χ2n) is 4.55. The van der Waals surface area contributed by atoms with Crippen molar-refractivity contribution in [1.29, 1.82) is 0 Å². The summed E-state index contributed by atoms with van der Waals surface area (Å²) in [6.45, 7) is 4.12. The number of methoxy groups -OCH3 is 1.